The van der Waals surface area contributed by atoms with Crippen LogP contribution in [0.3, 0.4) is 0 Å². The lowest BCUT2D eigenvalue weighted by Gasteiger charge is -2.08. The molecule has 0 fully saturated rings. The van der Waals surface area contributed by atoms with Crippen molar-refractivity contribution in [1.82, 2.24) is 10.3 Å². The number of para-hydroxylation sites is 1. The number of carbonyl (C=O) groups is 1. The molecule has 26 heavy (non-hydrogen) atoms. The van der Waals surface area contributed by atoms with Crippen LogP contribution in [-0.2, 0) is 6.42 Å². The van der Waals surface area contributed by atoms with Crippen LogP contribution < -0.4 is 15.4 Å². The average Bonchev–Trinajstić information content (AvgIpc) is 2.69. The number of rotatable bonds is 7. The van der Waals surface area contributed by atoms with Crippen molar-refractivity contribution >= 4 is 11.6 Å². The molecule has 0 saturated heterocycles. The van der Waals surface area contributed by atoms with Crippen LogP contribution in [0.25, 0.3) is 0 Å². The maximum absolute atomic E-state index is 12.2. The largest absolute Gasteiger partial charge is 0.439 e. The van der Waals surface area contributed by atoms with Crippen LogP contribution in [0.5, 0.6) is 11.6 Å². The molecule has 3 rings (SSSR count). The van der Waals surface area contributed by atoms with Gasteiger partial charge in [-0.2, -0.15) is 0 Å². The van der Waals surface area contributed by atoms with Crippen LogP contribution in [0, 0.1) is 0 Å². The van der Waals surface area contributed by atoms with Crippen molar-refractivity contribution in [3.8, 4) is 11.6 Å². The Labute approximate surface area is 153 Å². The first kappa shape index (κ1) is 17.6. The Bertz CT molecular complexity index is 831. The van der Waals surface area contributed by atoms with E-state index < -0.39 is 0 Å². The molecule has 3 aromatic rings. The number of nitrogens with zero attached hydrogens (tertiary/aromatic N) is 1. The molecule has 0 aliphatic carbocycles. The van der Waals surface area contributed by atoms with Gasteiger partial charge in [0, 0.05) is 18.0 Å². The Morgan fingerprint density at radius 3 is 2.42 bits per heavy atom. The summed E-state index contributed by atoms with van der Waals surface area (Å²) in [6.07, 6.45) is 2.48. The molecule has 0 aliphatic heterocycles. The summed E-state index contributed by atoms with van der Waals surface area (Å²) in [6, 6.07) is 20.6. The Balaban J connectivity index is 1.59. The number of aromatic nitrogens is 1. The lowest BCUT2D eigenvalue weighted by atomic mass is 10.1. The summed E-state index contributed by atoms with van der Waals surface area (Å²) in [5, 5.41) is 5.95. The number of hydrogen-bond acceptors (Lipinski definition) is 4. The Morgan fingerprint density at radius 1 is 1.00 bits per heavy atom. The van der Waals surface area contributed by atoms with E-state index in [1.807, 2.05) is 61.6 Å². The third-order valence-electron chi connectivity index (χ3n) is 3.84. The monoisotopic (exact) mass is 347 g/mol. The first-order valence-corrected chi connectivity index (χ1v) is 8.48. The smallest absolute Gasteiger partial charge is 0.257 e. The second-order valence-electron chi connectivity index (χ2n) is 5.80. The van der Waals surface area contributed by atoms with E-state index in [4.69, 9.17) is 4.74 Å². The van der Waals surface area contributed by atoms with Gasteiger partial charge in [0.1, 0.15) is 5.75 Å². The highest BCUT2D eigenvalue weighted by molar-refractivity contribution is 6.04. The lowest BCUT2D eigenvalue weighted by Crippen LogP contribution is -2.12. The Morgan fingerprint density at radius 2 is 1.77 bits per heavy atom. The van der Waals surface area contributed by atoms with E-state index in [0.717, 1.165) is 18.7 Å². The van der Waals surface area contributed by atoms with Crippen LogP contribution in [-0.4, -0.2) is 24.5 Å². The number of likely N-dealkylation sites (N-methyl/N-ethyl adjacent to an activating group) is 1. The summed E-state index contributed by atoms with van der Waals surface area (Å²) in [4.78, 5) is 16.4. The molecule has 1 amide bonds. The minimum atomic E-state index is -0.205. The van der Waals surface area contributed by atoms with Crippen molar-refractivity contribution in [2.24, 2.45) is 0 Å². The van der Waals surface area contributed by atoms with Gasteiger partial charge in [0.15, 0.2) is 0 Å². The van der Waals surface area contributed by atoms with Gasteiger partial charge < -0.3 is 15.4 Å². The molecule has 0 atom stereocenters. The molecule has 1 aromatic heterocycles. The standard InChI is InChI=1S/C21H21N3O2/c1-22-14-13-16-7-10-19(11-8-16)26-20-12-9-17(15-23-20)21(25)24-18-5-3-2-4-6-18/h2-12,15,22H,13-14H2,1H3,(H,24,25). The third kappa shape index (κ3) is 4.91. The molecule has 1 heterocycles. The first-order chi connectivity index (χ1) is 12.7. The zero-order valence-corrected chi connectivity index (χ0v) is 14.6. The van der Waals surface area contributed by atoms with Gasteiger partial charge in [0.05, 0.1) is 5.56 Å². The number of carbonyl (C=O) groups excluding carboxylic acids is 1. The summed E-state index contributed by atoms with van der Waals surface area (Å²) in [5.74, 6) is 0.959. The van der Waals surface area contributed by atoms with Gasteiger partial charge >= 0.3 is 0 Å². The quantitative estimate of drug-likeness (QED) is 0.681. The molecule has 132 valence electrons. The highest BCUT2D eigenvalue weighted by Crippen LogP contribution is 2.20. The minimum Gasteiger partial charge on any atom is -0.439 e. The maximum atomic E-state index is 12.2. The predicted molar refractivity (Wildman–Crippen MR) is 103 cm³/mol. The second kappa shape index (κ2) is 8.78. The van der Waals surface area contributed by atoms with E-state index in [2.05, 4.69) is 15.6 Å². The molecule has 5 heteroatoms. The van der Waals surface area contributed by atoms with Crippen molar-refractivity contribution in [1.29, 1.82) is 0 Å². The van der Waals surface area contributed by atoms with Crippen molar-refractivity contribution in [2.75, 3.05) is 18.9 Å². The SMILES string of the molecule is CNCCc1ccc(Oc2ccc(C(=O)Nc3ccccc3)cn2)cc1. The molecule has 0 bridgehead atoms. The van der Waals surface area contributed by atoms with Crippen molar-refractivity contribution < 1.29 is 9.53 Å². The van der Waals surface area contributed by atoms with Gasteiger partial charge in [0.2, 0.25) is 5.88 Å². The van der Waals surface area contributed by atoms with E-state index in [1.165, 1.54) is 11.8 Å². The molecule has 0 spiro atoms. The summed E-state index contributed by atoms with van der Waals surface area (Å²) in [5.41, 5.74) is 2.47. The average molecular weight is 347 g/mol. The second-order valence-corrected chi connectivity index (χ2v) is 5.80. The molecule has 2 N–H and O–H groups in total. The molecular weight excluding hydrogens is 326 g/mol. The zero-order valence-electron chi connectivity index (χ0n) is 14.6. The van der Waals surface area contributed by atoms with Gasteiger partial charge in [-0.25, -0.2) is 4.98 Å². The van der Waals surface area contributed by atoms with Crippen molar-refractivity contribution in [2.45, 2.75) is 6.42 Å². The summed E-state index contributed by atoms with van der Waals surface area (Å²) in [7, 11) is 1.94. The maximum Gasteiger partial charge on any atom is 0.257 e. The molecule has 2 aromatic carbocycles. The number of ether oxygens (including phenoxy) is 1. The summed E-state index contributed by atoms with van der Waals surface area (Å²) in [6.45, 7) is 0.939. The Hall–Kier alpha value is -3.18. The van der Waals surface area contributed by atoms with Crippen LogP contribution >= 0.6 is 0 Å². The molecule has 0 aliphatic rings. The van der Waals surface area contributed by atoms with E-state index in [1.54, 1.807) is 12.1 Å². The fourth-order valence-corrected chi connectivity index (χ4v) is 2.41. The summed E-state index contributed by atoms with van der Waals surface area (Å²) < 4.78 is 5.73. The van der Waals surface area contributed by atoms with Gasteiger partial charge in [-0.05, 0) is 55.9 Å². The Kier molecular flexibility index (Phi) is 5.96. The number of benzene rings is 2. The number of hydrogen-bond donors (Lipinski definition) is 2. The number of anilines is 1. The van der Waals surface area contributed by atoms with Crippen LogP contribution in [0.15, 0.2) is 72.9 Å². The third-order valence-corrected chi connectivity index (χ3v) is 3.84. The first-order valence-electron chi connectivity index (χ1n) is 8.48. The summed E-state index contributed by atoms with van der Waals surface area (Å²) >= 11 is 0. The van der Waals surface area contributed by atoms with Gasteiger partial charge in [-0.1, -0.05) is 30.3 Å². The molecule has 0 unspecified atom stereocenters. The van der Waals surface area contributed by atoms with E-state index in [9.17, 15) is 4.79 Å². The van der Waals surface area contributed by atoms with Gasteiger partial charge in [-0.3, -0.25) is 4.79 Å². The lowest BCUT2D eigenvalue weighted by molar-refractivity contribution is 0.102. The predicted octanol–water partition coefficient (Wildman–Crippen LogP) is 3.89. The van der Waals surface area contributed by atoms with Crippen LogP contribution in [0.1, 0.15) is 15.9 Å². The number of pyridine rings is 1. The normalized spacial score (nSPS) is 10.3. The fourth-order valence-electron chi connectivity index (χ4n) is 2.41. The van der Waals surface area contributed by atoms with Crippen molar-refractivity contribution in [3.63, 3.8) is 0 Å². The number of nitrogens with one attached hydrogen (secondary N) is 2. The van der Waals surface area contributed by atoms with Crippen LogP contribution in [0.4, 0.5) is 5.69 Å². The minimum absolute atomic E-state index is 0.205. The molecule has 0 radical (unpaired) electrons. The fraction of sp³-hybridized carbons (Fsp3) is 0.143. The molecule has 0 saturated carbocycles. The topological polar surface area (TPSA) is 63.2 Å². The van der Waals surface area contributed by atoms with Crippen LogP contribution in [0.2, 0.25) is 0 Å². The zero-order chi connectivity index (χ0) is 18.2. The van der Waals surface area contributed by atoms with Gasteiger partial charge in [-0.15, -0.1) is 0 Å². The van der Waals surface area contributed by atoms with Gasteiger partial charge in [0.25, 0.3) is 5.91 Å². The highest BCUT2D eigenvalue weighted by atomic mass is 16.5. The van der Waals surface area contributed by atoms with E-state index in [0.29, 0.717) is 17.2 Å². The van der Waals surface area contributed by atoms with Crippen molar-refractivity contribution in [3.05, 3.63) is 84.1 Å². The number of amides is 1. The highest BCUT2D eigenvalue weighted by Gasteiger charge is 2.07. The van der Waals surface area contributed by atoms with E-state index >= 15 is 0 Å². The molecular formula is C21H21N3O2. The molecule has 5 nitrogen and oxygen atoms in total. The van der Waals surface area contributed by atoms with E-state index in [-0.39, 0.29) is 5.91 Å².